The number of nitrogens with one attached hydrogen (secondary N) is 1. The summed E-state index contributed by atoms with van der Waals surface area (Å²) in [4.78, 5) is 11.0. The molecule has 1 amide bonds. The van der Waals surface area contributed by atoms with Crippen molar-refractivity contribution in [3.05, 3.63) is 35.4 Å². The Bertz CT molecular complexity index is 294. The lowest BCUT2D eigenvalue weighted by molar-refractivity contribution is -0.122. The molecule has 0 aliphatic rings. The molecule has 0 saturated heterocycles. The predicted octanol–water partition coefficient (Wildman–Crippen LogP) is -0.0153. The Balaban J connectivity index is 2.83. The molecule has 0 spiro atoms. The molecular weight excluding hydrogens is 166 g/mol. The van der Waals surface area contributed by atoms with Gasteiger partial charge in [0.15, 0.2) is 0 Å². The molecule has 5 N–H and O–H groups in total. The molecule has 4 nitrogen and oxygen atoms in total. The summed E-state index contributed by atoms with van der Waals surface area (Å²) in [6.45, 7) is 1.97. The van der Waals surface area contributed by atoms with Gasteiger partial charge in [-0.2, -0.15) is 0 Å². The largest absolute Gasteiger partial charge is 0.316 e. The molecule has 0 aliphatic carbocycles. The third-order valence-corrected chi connectivity index (χ3v) is 1.86. The molecule has 1 aromatic carbocycles. The molecule has 4 heteroatoms. The van der Waals surface area contributed by atoms with Gasteiger partial charge in [-0.25, -0.2) is 5.84 Å². The number of carbonyl (C=O) groups is 1. The van der Waals surface area contributed by atoms with Gasteiger partial charge in [0, 0.05) is 0 Å². The van der Waals surface area contributed by atoms with E-state index in [-0.39, 0.29) is 5.91 Å². The lowest BCUT2D eigenvalue weighted by Crippen LogP contribution is -2.38. The first-order valence-electron chi connectivity index (χ1n) is 3.97. The molecule has 0 aliphatic heterocycles. The third kappa shape index (κ3) is 2.27. The van der Waals surface area contributed by atoms with Gasteiger partial charge in [-0.1, -0.05) is 29.8 Å². The molecule has 70 valence electrons. The number of hydrogen-bond donors (Lipinski definition) is 3. The quantitative estimate of drug-likeness (QED) is 0.339. The summed E-state index contributed by atoms with van der Waals surface area (Å²) in [5.41, 5.74) is 9.51. The fraction of sp³-hybridized carbons (Fsp3) is 0.222. The number of amides is 1. The van der Waals surface area contributed by atoms with Gasteiger partial charge in [-0.05, 0) is 12.5 Å². The van der Waals surface area contributed by atoms with Crippen LogP contribution < -0.4 is 17.0 Å². The number of rotatable bonds is 2. The highest BCUT2D eigenvalue weighted by Crippen LogP contribution is 2.10. The van der Waals surface area contributed by atoms with Crippen molar-refractivity contribution in [1.82, 2.24) is 5.43 Å². The standard InChI is InChI=1S/C9H13N3O/c1-6-2-4-7(5-3-6)8(10)9(13)12-11/h2-5,8H,10-11H2,1H3,(H,12,13). The van der Waals surface area contributed by atoms with Crippen LogP contribution in [0.2, 0.25) is 0 Å². The molecule has 0 bridgehead atoms. The molecule has 0 radical (unpaired) electrons. The van der Waals surface area contributed by atoms with Crippen molar-refractivity contribution in [2.24, 2.45) is 11.6 Å². The zero-order valence-corrected chi connectivity index (χ0v) is 7.45. The Kier molecular flexibility index (Phi) is 3.00. The fourth-order valence-electron chi connectivity index (χ4n) is 1.01. The van der Waals surface area contributed by atoms with Crippen molar-refractivity contribution in [1.29, 1.82) is 0 Å². The van der Waals surface area contributed by atoms with Crippen LogP contribution in [0.4, 0.5) is 0 Å². The monoisotopic (exact) mass is 179 g/mol. The van der Waals surface area contributed by atoms with Crippen LogP contribution in [0.5, 0.6) is 0 Å². The van der Waals surface area contributed by atoms with Crippen molar-refractivity contribution in [2.45, 2.75) is 13.0 Å². The van der Waals surface area contributed by atoms with E-state index >= 15 is 0 Å². The van der Waals surface area contributed by atoms with Crippen molar-refractivity contribution in [3.63, 3.8) is 0 Å². The lowest BCUT2D eigenvalue weighted by atomic mass is 10.1. The van der Waals surface area contributed by atoms with Gasteiger partial charge in [-0.3, -0.25) is 10.2 Å². The van der Waals surface area contributed by atoms with E-state index in [0.29, 0.717) is 0 Å². The Hall–Kier alpha value is -1.39. The number of carbonyl (C=O) groups excluding carboxylic acids is 1. The van der Waals surface area contributed by atoms with E-state index in [1.807, 2.05) is 36.6 Å². The SMILES string of the molecule is Cc1ccc(C(N)C(=O)NN)cc1. The van der Waals surface area contributed by atoms with Crippen LogP contribution in [-0.4, -0.2) is 5.91 Å². The van der Waals surface area contributed by atoms with Gasteiger partial charge in [0.1, 0.15) is 6.04 Å². The van der Waals surface area contributed by atoms with Crippen LogP contribution in [-0.2, 0) is 4.79 Å². The number of benzene rings is 1. The Labute approximate surface area is 76.9 Å². The first-order chi connectivity index (χ1) is 6.15. The summed E-state index contributed by atoms with van der Waals surface area (Å²) in [7, 11) is 0. The second-order valence-corrected chi connectivity index (χ2v) is 2.90. The fourth-order valence-corrected chi connectivity index (χ4v) is 1.01. The molecule has 1 aromatic rings. The second-order valence-electron chi connectivity index (χ2n) is 2.90. The lowest BCUT2D eigenvalue weighted by Gasteiger charge is -2.09. The minimum Gasteiger partial charge on any atom is -0.316 e. The van der Waals surface area contributed by atoms with E-state index in [9.17, 15) is 4.79 Å². The molecular formula is C9H13N3O. The van der Waals surface area contributed by atoms with Gasteiger partial charge in [-0.15, -0.1) is 0 Å². The maximum Gasteiger partial charge on any atom is 0.255 e. The number of hydrazine groups is 1. The topological polar surface area (TPSA) is 81.1 Å². The van der Waals surface area contributed by atoms with Crippen LogP contribution in [0.15, 0.2) is 24.3 Å². The highest BCUT2D eigenvalue weighted by atomic mass is 16.2. The van der Waals surface area contributed by atoms with Crippen LogP contribution in [0.3, 0.4) is 0 Å². The summed E-state index contributed by atoms with van der Waals surface area (Å²) in [6, 6.07) is 6.74. The highest BCUT2D eigenvalue weighted by Gasteiger charge is 2.13. The Morgan fingerprint density at radius 2 is 1.92 bits per heavy atom. The van der Waals surface area contributed by atoms with Crippen molar-refractivity contribution < 1.29 is 4.79 Å². The van der Waals surface area contributed by atoms with Crippen molar-refractivity contribution >= 4 is 5.91 Å². The third-order valence-electron chi connectivity index (χ3n) is 1.86. The van der Waals surface area contributed by atoms with Gasteiger partial charge < -0.3 is 5.73 Å². The molecule has 1 atom stereocenters. The number of aryl methyl sites for hydroxylation is 1. The zero-order chi connectivity index (χ0) is 9.84. The average Bonchev–Trinajstić information content (AvgIpc) is 2.17. The molecule has 1 unspecified atom stereocenters. The maximum atomic E-state index is 11.0. The molecule has 0 fully saturated rings. The van der Waals surface area contributed by atoms with E-state index in [4.69, 9.17) is 11.6 Å². The summed E-state index contributed by atoms with van der Waals surface area (Å²) in [6.07, 6.45) is 0. The highest BCUT2D eigenvalue weighted by molar-refractivity contribution is 5.82. The number of nitrogens with two attached hydrogens (primary N) is 2. The van der Waals surface area contributed by atoms with Gasteiger partial charge >= 0.3 is 0 Å². The molecule has 1 rings (SSSR count). The van der Waals surface area contributed by atoms with Gasteiger partial charge in [0.05, 0.1) is 0 Å². The van der Waals surface area contributed by atoms with Crippen LogP contribution in [0.1, 0.15) is 17.2 Å². The summed E-state index contributed by atoms with van der Waals surface area (Å²) in [5.74, 6) is 4.58. The smallest absolute Gasteiger partial charge is 0.255 e. The van der Waals surface area contributed by atoms with E-state index in [1.54, 1.807) is 0 Å². The Morgan fingerprint density at radius 3 is 2.38 bits per heavy atom. The van der Waals surface area contributed by atoms with Gasteiger partial charge in [0.25, 0.3) is 5.91 Å². The summed E-state index contributed by atoms with van der Waals surface area (Å²) < 4.78 is 0. The second kappa shape index (κ2) is 4.02. The van der Waals surface area contributed by atoms with E-state index < -0.39 is 6.04 Å². The Morgan fingerprint density at radius 1 is 1.38 bits per heavy atom. The predicted molar refractivity (Wildman–Crippen MR) is 50.4 cm³/mol. The normalized spacial score (nSPS) is 12.2. The van der Waals surface area contributed by atoms with Crippen LogP contribution in [0, 0.1) is 6.92 Å². The molecule has 0 heterocycles. The zero-order valence-electron chi connectivity index (χ0n) is 7.45. The molecule has 0 saturated carbocycles. The molecule has 13 heavy (non-hydrogen) atoms. The van der Waals surface area contributed by atoms with Crippen LogP contribution >= 0.6 is 0 Å². The van der Waals surface area contributed by atoms with Crippen molar-refractivity contribution in [2.75, 3.05) is 0 Å². The average molecular weight is 179 g/mol. The minimum atomic E-state index is -0.689. The number of hydrogen-bond acceptors (Lipinski definition) is 3. The molecule has 0 aromatic heterocycles. The first-order valence-corrected chi connectivity index (χ1v) is 3.97. The maximum absolute atomic E-state index is 11.0. The van der Waals surface area contributed by atoms with Crippen molar-refractivity contribution in [3.8, 4) is 0 Å². The minimum absolute atomic E-state index is 0.385. The van der Waals surface area contributed by atoms with E-state index in [2.05, 4.69) is 0 Å². The van der Waals surface area contributed by atoms with E-state index in [0.717, 1.165) is 11.1 Å². The first kappa shape index (κ1) is 9.70. The van der Waals surface area contributed by atoms with Crippen LogP contribution in [0.25, 0.3) is 0 Å². The van der Waals surface area contributed by atoms with E-state index in [1.165, 1.54) is 0 Å². The van der Waals surface area contributed by atoms with Gasteiger partial charge in [0.2, 0.25) is 0 Å². The summed E-state index contributed by atoms with van der Waals surface area (Å²) in [5, 5.41) is 0. The summed E-state index contributed by atoms with van der Waals surface area (Å²) >= 11 is 0.